The first kappa shape index (κ1) is 12.3. The summed E-state index contributed by atoms with van der Waals surface area (Å²) in [5.41, 5.74) is 1.19. The van der Waals surface area contributed by atoms with Crippen LogP contribution in [0.2, 0.25) is 0 Å². The van der Waals surface area contributed by atoms with Crippen LogP contribution in [-0.4, -0.2) is 5.97 Å². The van der Waals surface area contributed by atoms with E-state index in [2.05, 4.69) is 73.8 Å². The van der Waals surface area contributed by atoms with Gasteiger partial charge in [-0.2, -0.15) is 0 Å². The van der Waals surface area contributed by atoms with Gasteiger partial charge in [-0.15, -0.1) is 0 Å². The molecule has 0 saturated carbocycles. The number of hydrogen-bond donors (Lipinski definition) is 0. The van der Waals surface area contributed by atoms with E-state index in [-0.39, 0.29) is 5.97 Å². The summed E-state index contributed by atoms with van der Waals surface area (Å²) in [6, 6.07) is 2.14. The molecule has 15 heavy (non-hydrogen) atoms. The highest BCUT2D eigenvalue weighted by atomic mass is 127. The molecule has 80 valence electrons. The maximum Gasteiger partial charge on any atom is 0.311 e. The summed E-state index contributed by atoms with van der Waals surface area (Å²) in [7, 11) is 0. The Labute approximate surface area is 129 Å². The monoisotopic (exact) mass is 540 g/mol. The van der Waals surface area contributed by atoms with Crippen LogP contribution < -0.4 is 4.74 Å². The van der Waals surface area contributed by atoms with Gasteiger partial charge in [0.2, 0.25) is 0 Å². The molecule has 2 rings (SSSR count). The van der Waals surface area contributed by atoms with Crippen LogP contribution in [0.1, 0.15) is 18.4 Å². The number of carbonyl (C=O) groups is 1. The second kappa shape index (κ2) is 5.03. The average molecular weight is 540 g/mol. The molecule has 0 unspecified atom stereocenters. The molecule has 2 nitrogen and oxygen atoms in total. The third kappa shape index (κ3) is 2.59. The van der Waals surface area contributed by atoms with Gasteiger partial charge in [0.05, 0.1) is 3.57 Å². The van der Waals surface area contributed by atoms with Gasteiger partial charge in [-0.05, 0) is 86.7 Å². The molecule has 1 heterocycles. The molecule has 0 atom stereocenters. The average Bonchev–Trinajstić information content (AvgIpc) is 2.37. The minimum absolute atomic E-state index is 0.107. The number of hydrogen-bond acceptors (Lipinski definition) is 2. The van der Waals surface area contributed by atoms with E-state index in [0.29, 0.717) is 6.42 Å². The Morgan fingerprint density at radius 2 is 1.87 bits per heavy atom. The summed E-state index contributed by atoms with van der Waals surface area (Å²) >= 11 is 6.83. The number of rotatable bonds is 0. The van der Waals surface area contributed by atoms with E-state index in [9.17, 15) is 4.79 Å². The van der Waals surface area contributed by atoms with Gasteiger partial charge >= 0.3 is 5.97 Å². The second-order valence-electron chi connectivity index (χ2n) is 3.29. The van der Waals surface area contributed by atoms with Gasteiger partial charge in [0, 0.05) is 19.1 Å². The van der Waals surface area contributed by atoms with E-state index in [1.165, 1.54) is 9.13 Å². The molecule has 0 radical (unpaired) electrons. The van der Waals surface area contributed by atoms with Crippen molar-refractivity contribution in [3.05, 3.63) is 22.3 Å². The Kier molecular flexibility index (Phi) is 4.14. The highest BCUT2D eigenvalue weighted by Crippen LogP contribution is 2.36. The van der Waals surface area contributed by atoms with E-state index in [1.807, 2.05) is 0 Å². The molecule has 0 aliphatic carbocycles. The van der Waals surface area contributed by atoms with Crippen LogP contribution in [0.5, 0.6) is 5.75 Å². The standard InChI is InChI=1S/C10H7I3O2/c11-6-4-7(12)9(13)10-5(6)2-1-3-8(14)15-10/h4H,1-3H2. The molecule has 1 aliphatic rings. The van der Waals surface area contributed by atoms with E-state index in [1.54, 1.807) is 0 Å². The number of benzene rings is 1. The molecule has 0 amide bonds. The fraction of sp³-hybridized carbons (Fsp3) is 0.300. The summed E-state index contributed by atoms with van der Waals surface area (Å²) in [6.45, 7) is 0. The lowest BCUT2D eigenvalue weighted by Crippen LogP contribution is -2.07. The smallest absolute Gasteiger partial charge is 0.311 e. The van der Waals surface area contributed by atoms with Gasteiger partial charge < -0.3 is 4.74 Å². The SMILES string of the molecule is O=C1CCCc2c(I)cc(I)c(I)c2O1. The summed E-state index contributed by atoms with van der Waals surface area (Å²) in [5.74, 6) is 0.680. The zero-order valence-corrected chi connectivity index (χ0v) is 14.1. The van der Waals surface area contributed by atoms with E-state index < -0.39 is 0 Å². The topological polar surface area (TPSA) is 26.3 Å². The summed E-state index contributed by atoms with van der Waals surface area (Å²) < 4.78 is 8.79. The number of esters is 1. The number of halogens is 3. The number of carbonyl (C=O) groups excluding carboxylic acids is 1. The van der Waals surface area contributed by atoms with Gasteiger partial charge in [0.15, 0.2) is 0 Å². The molecule has 1 aliphatic heterocycles. The molecule has 0 saturated heterocycles. The minimum Gasteiger partial charge on any atom is -0.425 e. The maximum atomic E-state index is 11.4. The van der Waals surface area contributed by atoms with Gasteiger partial charge in [-0.1, -0.05) is 0 Å². The lowest BCUT2D eigenvalue weighted by Gasteiger charge is -2.11. The second-order valence-corrected chi connectivity index (χ2v) is 6.69. The molecule has 1 aromatic carbocycles. The van der Waals surface area contributed by atoms with Gasteiger partial charge in [0.25, 0.3) is 0 Å². The first-order chi connectivity index (χ1) is 7.09. The first-order valence-corrected chi connectivity index (χ1v) is 7.70. The Morgan fingerprint density at radius 1 is 1.13 bits per heavy atom. The fourth-order valence-electron chi connectivity index (χ4n) is 1.52. The van der Waals surface area contributed by atoms with Crippen molar-refractivity contribution in [3.63, 3.8) is 0 Å². The van der Waals surface area contributed by atoms with Crippen molar-refractivity contribution in [2.45, 2.75) is 19.3 Å². The van der Waals surface area contributed by atoms with Crippen LogP contribution in [0.25, 0.3) is 0 Å². The van der Waals surface area contributed by atoms with Crippen LogP contribution in [0.15, 0.2) is 6.07 Å². The summed E-state index contributed by atoms with van der Waals surface area (Å²) in [4.78, 5) is 11.4. The number of ether oxygens (including phenoxy) is 1. The predicted molar refractivity (Wildman–Crippen MR) is 83.2 cm³/mol. The normalized spacial score (nSPS) is 15.5. The van der Waals surface area contributed by atoms with Crippen molar-refractivity contribution in [3.8, 4) is 5.75 Å². The Morgan fingerprint density at radius 3 is 2.60 bits per heavy atom. The van der Waals surface area contributed by atoms with Crippen LogP contribution in [0.4, 0.5) is 0 Å². The van der Waals surface area contributed by atoms with Gasteiger partial charge in [-0.25, -0.2) is 0 Å². The molecular formula is C10H7I3O2. The first-order valence-electron chi connectivity index (χ1n) is 4.46. The Bertz CT molecular complexity index is 429. The molecular weight excluding hydrogens is 533 g/mol. The van der Waals surface area contributed by atoms with Crippen molar-refractivity contribution in [2.24, 2.45) is 0 Å². The van der Waals surface area contributed by atoms with Crippen molar-refractivity contribution in [2.75, 3.05) is 0 Å². The molecule has 0 bridgehead atoms. The Hall–Kier alpha value is 0.880. The summed E-state index contributed by atoms with van der Waals surface area (Å²) in [6.07, 6.45) is 2.35. The van der Waals surface area contributed by atoms with Gasteiger partial charge in [-0.3, -0.25) is 4.79 Å². The molecule has 0 N–H and O–H groups in total. The molecule has 0 fully saturated rings. The van der Waals surface area contributed by atoms with Crippen LogP contribution in [-0.2, 0) is 11.2 Å². The zero-order chi connectivity index (χ0) is 11.0. The van der Waals surface area contributed by atoms with Crippen molar-refractivity contribution in [1.29, 1.82) is 0 Å². The minimum atomic E-state index is -0.107. The van der Waals surface area contributed by atoms with E-state index >= 15 is 0 Å². The lowest BCUT2D eigenvalue weighted by atomic mass is 10.1. The highest BCUT2D eigenvalue weighted by Gasteiger charge is 2.21. The van der Waals surface area contributed by atoms with Crippen molar-refractivity contribution < 1.29 is 9.53 Å². The third-order valence-corrected chi connectivity index (χ3v) is 6.16. The molecule has 0 spiro atoms. The summed E-state index contributed by atoms with van der Waals surface area (Å²) in [5, 5.41) is 0. The molecule has 0 aromatic heterocycles. The lowest BCUT2D eigenvalue weighted by molar-refractivity contribution is -0.134. The zero-order valence-electron chi connectivity index (χ0n) is 7.65. The van der Waals surface area contributed by atoms with Crippen molar-refractivity contribution >= 4 is 73.7 Å². The van der Waals surface area contributed by atoms with E-state index in [4.69, 9.17) is 4.74 Å². The van der Waals surface area contributed by atoms with Crippen LogP contribution in [0.3, 0.4) is 0 Å². The maximum absolute atomic E-state index is 11.4. The van der Waals surface area contributed by atoms with Crippen LogP contribution in [0, 0.1) is 10.7 Å². The van der Waals surface area contributed by atoms with Crippen molar-refractivity contribution in [1.82, 2.24) is 0 Å². The van der Waals surface area contributed by atoms with Gasteiger partial charge in [0.1, 0.15) is 5.75 Å². The largest absolute Gasteiger partial charge is 0.425 e. The highest BCUT2D eigenvalue weighted by molar-refractivity contribution is 14.1. The molecule has 5 heteroatoms. The van der Waals surface area contributed by atoms with Crippen LogP contribution >= 0.6 is 67.8 Å². The third-order valence-electron chi connectivity index (χ3n) is 2.25. The predicted octanol–water partition coefficient (Wildman–Crippen LogP) is 3.74. The molecule has 1 aromatic rings. The van der Waals surface area contributed by atoms with E-state index in [0.717, 1.165) is 25.7 Å². The Balaban J connectivity index is 2.60. The fourth-order valence-corrected chi connectivity index (χ4v) is 4.09. The number of fused-ring (bicyclic) bond motifs is 1. The quantitative estimate of drug-likeness (QED) is 0.217.